The van der Waals surface area contributed by atoms with Crippen LogP contribution in [0.2, 0.25) is 0 Å². The number of amides is 1. The van der Waals surface area contributed by atoms with Gasteiger partial charge >= 0.3 is 0 Å². The predicted molar refractivity (Wildman–Crippen MR) is 89.3 cm³/mol. The number of carbonyl (C=O) groups excluding carboxylic acids is 1. The minimum absolute atomic E-state index is 0.0693. The molecule has 1 N–H and O–H groups in total. The minimum atomic E-state index is -3.30. The number of likely N-dealkylation sites (N-methyl/N-ethyl adjacent to an activating group) is 1. The van der Waals surface area contributed by atoms with E-state index in [1.165, 1.54) is 0 Å². The first kappa shape index (κ1) is 17.4. The van der Waals surface area contributed by atoms with Crippen molar-refractivity contribution in [1.29, 1.82) is 0 Å². The van der Waals surface area contributed by atoms with Crippen LogP contribution in [0.25, 0.3) is 0 Å². The highest BCUT2D eigenvalue weighted by atomic mass is 32.2. The molecule has 0 spiro atoms. The van der Waals surface area contributed by atoms with Crippen molar-refractivity contribution in [3.63, 3.8) is 0 Å². The second-order valence-electron chi connectivity index (χ2n) is 5.75. The van der Waals surface area contributed by atoms with Crippen molar-refractivity contribution in [3.05, 3.63) is 22.4 Å². The summed E-state index contributed by atoms with van der Waals surface area (Å²) in [6, 6.07) is 3.44. The van der Waals surface area contributed by atoms with E-state index in [1.807, 2.05) is 17.5 Å². The SMILES string of the molecule is CCCCCS(=O)(=O)N[C@H]1CCC(=O)N(C)[C@@H]1c1cccs1. The van der Waals surface area contributed by atoms with Gasteiger partial charge in [0.1, 0.15) is 0 Å². The lowest BCUT2D eigenvalue weighted by Crippen LogP contribution is -2.50. The average molecular weight is 345 g/mol. The van der Waals surface area contributed by atoms with Crippen molar-refractivity contribution >= 4 is 27.3 Å². The van der Waals surface area contributed by atoms with Gasteiger partial charge < -0.3 is 4.90 Å². The number of sulfonamides is 1. The second kappa shape index (κ2) is 7.57. The lowest BCUT2D eigenvalue weighted by molar-refractivity contribution is -0.135. The summed E-state index contributed by atoms with van der Waals surface area (Å²) in [5.41, 5.74) is 0. The maximum atomic E-state index is 12.3. The van der Waals surface area contributed by atoms with Gasteiger partial charge in [0.05, 0.1) is 11.8 Å². The lowest BCUT2D eigenvalue weighted by Gasteiger charge is -2.38. The van der Waals surface area contributed by atoms with Crippen molar-refractivity contribution in [1.82, 2.24) is 9.62 Å². The summed E-state index contributed by atoms with van der Waals surface area (Å²) < 4.78 is 27.4. The van der Waals surface area contributed by atoms with Crippen LogP contribution in [0, 0.1) is 0 Å². The number of rotatable bonds is 7. The van der Waals surface area contributed by atoms with Gasteiger partial charge in [-0.25, -0.2) is 13.1 Å². The third-order valence-electron chi connectivity index (χ3n) is 4.04. The molecule has 2 heterocycles. The molecule has 1 amide bonds. The largest absolute Gasteiger partial charge is 0.336 e. The van der Waals surface area contributed by atoms with Crippen LogP contribution in [0.4, 0.5) is 0 Å². The van der Waals surface area contributed by atoms with Gasteiger partial charge in [-0.15, -0.1) is 11.3 Å². The van der Waals surface area contributed by atoms with Crippen molar-refractivity contribution in [3.8, 4) is 0 Å². The number of unbranched alkanes of at least 4 members (excludes halogenated alkanes) is 2. The van der Waals surface area contributed by atoms with E-state index < -0.39 is 10.0 Å². The summed E-state index contributed by atoms with van der Waals surface area (Å²) in [7, 11) is -1.55. The normalized spacial score (nSPS) is 23.0. The smallest absolute Gasteiger partial charge is 0.222 e. The highest BCUT2D eigenvalue weighted by molar-refractivity contribution is 7.89. The number of likely N-dealkylation sites (tertiary alicyclic amines) is 1. The third kappa shape index (κ3) is 4.30. The van der Waals surface area contributed by atoms with Crippen LogP contribution in [-0.2, 0) is 14.8 Å². The van der Waals surface area contributed by atoms with E-state index in [0.29, 0.717) is 19.3 Å². The standard InChI is InChI=1S/C15H24N2O3S2/c1-3-4-5-11-22(19,20)16-12-8-9-14(18)17(2)15(12)13-7-6-10-21-13/h6-7,10,12,15-16H,3-5,8-9,11H2,1-2H3/t12-,15-/m0/s1. The Morgan fingerprint density at radius 1 is 1.41 bits per heavy atom. The Hall–Kier alpha value is -0.920. The number of carbonyl (C=O) groups is 1. The number of nitrogens with one attached hydrogen (secondary N) is 1. The lowest BCUT2D eigenvalue weighted by atomic mass is 9.96. The molecule has 1 aromatic rings. The molecule has 7 heteroatoms. The molecule has 124 valence electrons. The first-order valence-corrected chi connectivity index (χ1v) is 10.3. The predicted octanol–water partition coefficient (Wildman–Crippen LogP) is 2.52. The van der Waals surface area contributed by atoms with Gasteiger partial charge in [0, 0.05) is 24.4 Å². The zero-order valence-corrected chi connectivity index (χ0v) is 14.8. The molecule has 22 heavy (non-hydrogen) atoms. The molecule has 2 rings (SSSR count). The average Bonchev–Trinajstić information content (AvgIpc) is 2.97. The quantitative estimate of drug-likeness (QED) is 0.773. The van der Waals surface area contributed by atoms with Crippen LogP contribution < -0.4 is 4.72 Å². The fourth-order valence-corrected chi connectivity index (χ4v) is 5.19. The topological polar surface area (TPSA) is 66.5 Å². The highest BCUT2D eigenvalue weighted by Gasteiger charge is 2.37. The summed E-state index contributed by atoms with van der Waals surface area (Å²) in [6.45, 7) is 2.05. The fourth-order valence-electron chi connectivity index (χ4n) is 2.84. The van der Waals surface area contributed by atoms with E-state index in [4.69, 9.17) is 0 Å². The number of thiophene rings is 1. The molecule has 1 aliphatic rings. The van der Waals surface area contributed by atoms with Crippen molar-refractivity contribution in [2.45, 2.75) is 51.1 Å². The molecular formula is C15H24N2O3S2. The van der Waals surface area contributed by atoms with Gasteiger partial charge in [0.2, 0.25) is 15.9 Å². The van der Waals surface area contributed by atoms with E-state index >= 15 is 0 Å². The molecule has 1 aliphatic heterocycles. The van der Waals surface area contributed by atoms with Crippen LogP contribution in [0.1, 0.15) is 49.9 Å². The Morgan fingerprint density at radius 2 is 2.18 bits per heavy atom. The van der Waals surface area contributed by atoms with Crippen LogP contribution in [0.3, 0.4) is 0 Å². The molecule has 0 bridgehead atoms. The molecule has 0 radical (unpaired) electrons. The molecule has 1 aromatic heterocycles. The van der Waals surface area contributed by atoms with Gasteiger partial charge in [0.25, 0.3) is 0 Å². The molecule has 1 saturated heterocycles. The van der Waals surface area contributed by atoms with Crippen LogP contribution >= 0.6 is 11.3 Å². The molecule has 0 aliphatic carbocycles. The van der Waals surface area contributed by atoms with Crippen LogP contribution in [0.5, 0.6) is 0 Å². The molecule has 0 saturated carbocycles. The first-order chi connectivity index (χ1) is 10.4. The van der Waals surface area contributed by atoms with E-state index in [9.17, 15) is 13.2 Å². The maximum Gasteiger partial charge on any atom is 0.222 e. The van der Waals surface area contributed by atoms with Gasteiger partial charge in [-0.2, -0.15) is 0 Å². The molecule has 0 unspecified atom stereocenters. The molecule has 0 aromatic carbocycles. The molecule has 5 nitrogen and oxygen atoms in total. The zero-order valence-electron chi connectivity index (χ0n) is 13.1. The van der Waals surface area contributed by atoms with E-state index in [0.717, 1.165) is 17.7 Å². The summed E-state index contributed by atoms with van der Waals surface area (Å²) in [5.74, 6) is 0.228. The monoisotopic (exact) mass is 344 g/mol. The second-order valence-corrected chi connectivity index (χ2v) is 8.61. The van der Waals surface area contributed by atoms with Gasteiger partial charge in [0.15, 0.2) is 0 Å². The Balaban J connectivity index is 2.12. The zero-order chi connectivity index (χ0) is 16.2. The summed E-state index contributed by atoms with van der Waals surface area (Å²) in [4.78, 5) is 14.7. The first-order valence-electron chi connectivity index (χ1n) is 7.73. The molecule has 1 fully saturated rings. The van der Waals surface area contributed by atoms with Crippen molar-refractivity contribution < 1.29 is 13.2 Å². The Kier molecular flexibility index (Phi) is 6.00. The Bertz CT molecular complexity index is 584. The Labute approximate surface area is 136 Å². The Morgan fingerprint density at radius 3 is 2.82 bits per heavy atom. The minimum Gasteiger partial charge on any atom is -0.336 e. The van der Waals surface area contributed by atoms with Crippen molar-refractivity contribution in [2.75, 3.05) is 12.8 Å². The summed E-state index contributed by atoms with van der Waals surface area (Å²) >= 11 is 1.56. The van der Waals surface area contributed by atoms with E-state index in [-0.39, 0.29) is 23.7 Å². The van der Waals surface area contributed by atoms with Gasteiger partial charge in [-0.1, -0.05) is 25.8 Å². The van der Waals surface area contributed by atoms with Gasteiger partial charge in [-0.05, 0) is 24.3 Å². The van der Waals surface area contributed by atoms with Gasteiger partial charge in [-0.3, -0.25) is 4.79 Å². The summed E-state index contributed by atoms with van der Waals surface area (Å²) in [5, 5.41) is 1.95. The van der Waals surface area contributed by atoms with E-state index in [2.05, 4.69) is 11.6 Å². The highest BCUT2D eigenvalue weighted by Crippen LogP contribution is 2.33. The molecule has 2 atom stereocenters. The maximum absolute atomic E-state index is 12.3. The number of hydrogen-bond donors (Lipinski definition) is 1. The molecular weight excluding hydrogens is 320 g/mol. The van der Waals surface area contributed by atoms with Crippen LogP contribution in [0.15, 0.2) is 17.5 Å². The fraction of sp³-hybridized carbons (Fsp3) is 0.667. The summed E-state index contributed by atoms with van der Waals surface area (Å²) in [6.07, 6.45) is 3.53. The number of piperidine rings is 1. The van der Waals surface area contributed by atoms with Crippen LogP contribution in [-0.4, -0.2) is 38.1 Å². The van der Waals surface area contributed by atoms with Crippen molar-refractivity contribution in [2.24, 2.45) is 0 Å². The van der Waals surface area contributed by atoms with E-state index in [1.54, 1.807) is 23.3 Å². The number of hydrogen-bond acceptors (Lipinski definition) is 4. The third-order valence-corrected chi connectivity index (χ3v) is 6.47. The number of nitrogens with zero attached hydrogens (tertiary/aromatic N) is 1.